The number of hydrogen-bond donors (Lipinski definition) is 0. The van der Waals surface area contributed by atoms with Crippen LogP contribution in [-0.2, 0) is 4.79 Å². The number of benzene rings is 1. The van der Waals surface area contributed by atoms with E-state index in [1.54, 1.807) is 0 Å². The Morgan fingerprint density at radius 2 is 1.77 bits per heavy atom. The summed E-state index contributed by atoms with van der Waals surface area (Å²) in [5.74, 6) is 2.23. The maximum atomic E-state index is 12.8. The SMILES string of the molecule is CC(C)c1ccc(/C=C2\C(=O)C(C)C(C)(C)C3CC[C@H]23)cc1. The van der Waals surface area contributed by atoms with Gasteiger partial charge in [-0.15, -0.1) is 0 Å². The molecule has 2 unspecified atom stereocenters. The third-order valence-electron chi connectivity index (χ3n) is 6.35. The zero-order valence-corrected chi connectivity index (χ0v) is 14.5. The average molecular weight is 296 g/mol. The van der Waals surface area contributed by atoms with Gasteiger partial charge in [-0.2, -0.15) is 0 Å². The summed E-state index contributed by atoms with van der Waals surface area (Å²) in [6.07, 6.45) is 4.62. The van der Waals surface area contributed by atoms with E-state index in [9.17, 15) is 4.79 Å². The van der Waals surface area contributed by atoms with Gasteiger partial charge in [-0.1, -0.05) is 58.9 Å². The minimum atomic E-state index is 0.134. The highest BCUT2D eigenvalue weighted by Gasteiger charge is 2.53. The van der Waals surface area contributed by atoms with Crippen LogP contribution < -0.4 is 0 Å². The van der Waals surface area contributed by atoms with Crippen LogP contribution in [0.25, 0.3) is 6.08 Å². The van der Waals surface area contributed by atoms with Gasteiger partial charge < -0.3 is 0 Å². The van der Waals surface area contributed by atoms with Gasteiger partial charge in [-0.25, -0.2) is 0 Å². The lowest BCUT2D eigenvalue weighted by atomic mass is 9.49. The van der Waals surface area contributed by atoms with Crippen LogP contribution in [0.1, 0.15) is 64.5 Å². The van der Waals surface area contributed by atoms with Crippen LogP contribution in [0.4, 0.5) is 0 Å². The Kier molecular flexibility index (Phi) is 3.79. The van der Waals surface area contributed by atoms with Crippen molar-refractivity contribution in [2.24, 2.45) is 23.2 Å². The third-order valence-corrected chi connectivity index (χ3v) is 6.35. The molecule has 1 aromatic carbocycles. The highest BCUT2D eigenvalue weighted by atomic mass is 16.1. The Morgan fingerprint density at radius 3 is 2.27 bits per heavy atom. The number of carbonyl (C=O) groups is 1. The van der Waals surface area contributed by atoms with Crippen molar-refractivity contribution in [1.29, 1.82) is 0 Å². The number of allylic oxidation sites excluding steroid dienone is 1. The Bertz CT molecular complexity index is 603. The van der Waals surface area contributed by atoms with Gasteiger partial charge in [-0.05, 0) is 58.8 Å². The fourth-order valence-corrected chi connectivity index (χ4v) is 4.19. The number of hydrogen-bond acceptors (Lipinski definition) is 1. The maximum absolute atomic E-state index is 12.8. The molecule has 2 saturated carbocycles. The number of rotatable bonds is 2. The van der Waals surface area contributed by atoms with Gasteiger partial charge in [-0.3, -0.25) is 4.79 Å². The molecule has 1 heteroatoms. The van der Waals surface area contributed by atoms with Gasteiger partial charge in [0.05, 0.1) is 0 Å². The molecule has 118 valence electrons. The van der Waals surface area contributed by atoms with Crippen molar-refractivity contribution < 1.29 is 4.79 Å². The van der Waals surface area contributed by atoms with Crippen LogP contribution >= 0.6 is 0 Å². The Labute approximate surface area is 134 Å². The smallest absolute Gasteiger partial charge is 0.162 e. The van der Waals surface area contributed by atoms with Crippen molar-refractivity contribution in [1.82, 2.24) is 0 Å². The Hall–Kier alpha value is -1.37. The largest absolute Gasteiger partial charge is 0.294 e. The van der Waals surface area contributed by atoms with Crippen molar-refractivity contribution >= 4 is 11.9 Å². The van der Waals surface area contributed by atoms with E-state index in [1.165, 1.54) is 24.0 Å². The molecule has 1 nitrogen and oxygen atoms in total. The Morgan fingerprint density at radius 1 is 1.14 bits per heavy atom. The fraction of sp³-hybridized carbons (Fsp3) is 0.571. The first kappa shape index (κ1) is 15.5. The van der Waals surface area contributed by atoms with Gasteiger partial charge in [0.15, 0.2) is 5.78 Å². The van der Waals surface area contributed by atoms with E-state index in [4.69, 9.17) is 0 Å². The van der Waals surface area contributed by atoms with E-state index in [1.807, 2.05) is 0 Å². The summed E-state index contributed by atoms with van der Waals surface area (Å²) in [5, 5.41) is 0. The molecule has 0 radical (unpaired) electrons. The Balaban J connectivity index is 1.92. The van der Waals surface area contributed by atoms with Gasteiger partial charge in [0, 0.05) is 5.92 Å². The average Bonchev–Trinajstić information content (AvgIpc) is 2.42. The highest BCUT2D eigenvalue weighted by molar-refractivity contribution is 6.03. The van der Waals surface area contributed by atoms with Crippen LogP contribution in [0.3, 0.4) is 0 Å². The van der Waals surface area contributed by atoms with E-state index in [-0.39, 0.29) is 11.3 Å². The van der Waals surface area contributed by atoms with E-state index in [0.717, 1.165) is 5.57 Å². The first-order valence-electron chi connectivity index (χ1n) is 8.68. The van der Waals surface area contributed by atoms with Crippen LogP contribution in [0.2, 0.25) is 0 Å². The van der Waals surface area contributed by atoms with Crippen molar-refractivity contribution in [3.8, 4) is 0 Å². The molecule has 0 N–H and O–H groups in total. The standard InChI is InChI=1S/C21H28O/c1-13(2)16-8-6-15(7-9-16)12-18-17-10-11-19(17)21(4,5)14(3)20(18)22/h6-9,12-14,17,19H,10-11H2,1-5H3/b18-12-/t14?,17-,19?/m1/s1. The second-order valence-corrected chi connectivity index (χ2v) is 8.12. The first-order chi connectivity index (χ1) is 10.3. The van der Waals surface area contributed by atoms with Crippen LogP contribution in [0, 0.1) is 23.2 Å². The molecule has 0 amide bonds. The molecule has 1 aromatic rings. The molecular formula is C21H28O. The van der Waals surface area contributed by atoms with E-state index < -0.39 is 0 Å². The quantitative estimate of drug-likeness (QED) is 0.662. The number of carbonyl (C=O) groups excluding carboxylic acids is 1. The van der Waals surface area contributed by atoms with E-state index in [0.29, 0.717) is 23.5 Å². The van der Waals surface area contributed by atoms with E-state index in [2.05, 4.69) is 65.0 Å². The lowest BCUT2D eigenvalue weighted by molar-refractivity contribution is -0.132. The van der Waals surface area contributed by atoms with Crippen molar-refractivity contribution in [2.75, 3.05) is 0 Å². The molecule has 2 fully saturated rings. The lowest BCUT2D eigenvalue weighted by Crippen LogP contribution is -2.51. The van der Waals surface area contributed by atoms with Crippen molar-refractivity contribution in [3.05, 3.63) is 41.0 Å². The van der Waals surface area contributed by atoms with Gasteiger partial charge in [0.25, 0.3) is 0 Å². The molecule has 0 saturated heterocycles. The van der Waals surface area contributed by atoms with Gasteiger partial charge in [0.1, 0.15) is 0 Å². The van der Waals surface area contributed by atoms with Crippen LogP contribution in [0.5, 0.6) is 0 Å². The molecule has 2 aliphatic carbocycles. The van der Waals surface area contributed by atoms with Crippen molar-refractivity contribution in [2.45, 2.75) is 53.4 Å². The first-order valence-corrected chi connectivity index (χ1v) is 8.68. The van der Waals surface area contributed by atoms with Gasteiger partial charge >= 0.3 is 0 Å². The summed E-state index contributed by atoms with van der Waals surface area (Å²) >= 11 is 0. The molecule has 2 aliphatic rings. The van der Waals surface area contributed by atoms with Crippen molar-refractivity contribution in [3.63, 3.8) is 0 Å². The molecule has 0 aliphatic heterocycles. The zero-order chi connectivity index (χ0) is 16.1. The predicted molar refractivity (Wildman–Crippen MR) is 92.7 cm³/mol. The number of ketones is 1. The molecule has 3 rings (SSSR count). The summed E-state index contributed by atoms with van der Waals surface area (Å²) in [6, 6.07) is 8.70. The molecule has 22 heavy (non-hydrogen) atoms. The topological polar surface area (TPSA) is 17.1 Å². The van der Waals surface area contributed by atoms with Gasteiger partial charge in [0.2, 0.25) is 0 Å². The predicted octanol–water partition coefficient (Wildman–Crippen LogP) is 5.46. The summed E-state index contributed by atoms with van der Waals surface area (Å²) in [5.41, 5.74) is 3.76. The summed E-state index contributed by atoms with van der Waals surface area (Å²) < 4.78 is 0. The number of Topliss-reactive ketones (excluding diaryl/α,β-unsaturated/α-hetero) is 1. The molecule has 0 aromatic heterocycles. The maximum Gasteiger partial charge on any atom is 0.162 e. The highest BCUT2D eigenvalue weighted by Crippen LogP contribution is 2.57. The lowest BCUT2D eigenvalue weighted by Gasteiger charge is -2.54. The zero-order valence-electron chi connectivity index (χ0n) is 14.5. The minimum Gasteiger partial charge on any atom is -0.294 e. The normalized spacial score (nSPS) is 32.0. The van der Waals surface area contributed by atoms with Crippen LogP contribution in [-0.4, -0.2) is 5.78 Å². The second kappa shape index (κ2) is 5.37. The summed E-state index contributed by atoms with van der Waals surface area (Å²) in [4.78, 5) is 12.8. The summed E-state index contributed by atoms with van der Waals surface area (Å²) in [6.45, 7) is 11.1. The number of fused-ring (bicyclic) bond motifs is 1. The minimum absolute atomic E-state index is 0.134. The fourth-order valence-electron chi connectivity index (χ4n) is 4.19. The van der Waals surface area contributed by atoms with Crippen LogP contribution in [0.15, 0.2) is 29.8 Å². The molecule has 0 heterocycles. The monoisotopic (exact) mass is 296 g/mol. The molecular weight excluding hydrogens is 268 g/mol. The molecule has 0 spiro atoms. The third kappa shape index (κ3) is 2.35. The molecule has 3 atom stereocenters. The van der Waals surface area contributed by atoms with E-state index >= 15 is 0 Å². The summed E-state index contributed by atoms with van der Waals surface area (Å²) in [7, 11) is 0. The molecule has 0 bridgehead atoms. The second-order valence-electron chi connectivity index (χ2n) is 8.12.